The van der Waals surface area contributed by atoms with E-state index in [0.29, 0.717) is 13.2 Å². The molecule has 82 valence electrons. The van der Waals surface area contributed by atoms with Gasteiger partial charge < -0.3 is 15.2 Å². The average Bonchev–Trinajstić information content (AvgIpc) is 2.02. The Morgan fingerprint density at radius 3 is 2.57 bits per heavy atom. The summed E-state index contributed by atoms with van der Waals surface area (Å²) in [5.41, 5.74) is 0. The summed E-state index contributed by atoms with van der Waals surface area (Å²) in [5, 5.41) is 10.7. The monoisotopic (exact) mass is 223 g/mol. The molecule has 0 fully saturated rings. The van der Waals surface area contributed by atoms with E-state index in [1.54, 1.807) is 0 Å². The molecule has 0 heterocycles. The van der Waals surface area contributed by atoms with Crippen LogP contribution >= 0.6 is 0 Å². The van der Waals surface area contributed by atoms with Crippen LogP contribution in [0.4, 0.5) is 0 Å². The van der Waals surface area contributed by atoms with Crippen molar-refractivity contribution in [1.29, 1.82) is 0 Å². The topological polar surface area (TPSA) is 92.7 Å². The summed E-state index contributed by atoms with van der Waals surface area (Å²) in [6.45, 7) is 0.705. The minimum Gasteiger partial charge on any atom is -0.481 e. The second-order valence-corrected chi connectivity index (χ2v) is 3.92. The van der Waals surface area contributed by atoms with Crippen molar-refractivity contribution in [2.45, 2.75) is 0 Å². The molecule has 0 aromatic carbocycles. The number of methoxy groups -OCH3 is 1. The molecule has 0 aliphatic rings. The molecule has 0 spiro atoms. The average molecular weight is 223 g/mol. The molecule has 2 N–H and O–H groups in total. The number of amides is 1. The molecule has 0 aliphatic carbocycles. The van der Waals surface area contributed by atoms with Gasteiger partial charge in [0.25, 0.3) is 0 Å². The number of hydrogen-bond acceptors (Lipinski definition) is 4. The van der Waals surface area contributed by atoms with E-state index in [-0.39, 0.29) is 5.75 Å². The molecule has 7 heteroatoms. The van der Waals surface area contributed by atoms with Crippen LogP contribution in [-0.4, -0.2) is 53.0 Å². The Bertz CT molecular complexity index is 230. The van der Waals surface area contributed by atoms with E-state index in [1.165, 1.54) is 7.11 Å². The van der Waals surface area contributed by atoms with Gasteiger partial charge in [0.05, 0.1) is 6.61 Å². The Morgan fingerprint density at radius 1 is 1.43 bits per heavy atom. The second kappa shape index (κ2) is 7.45. The number of carboxylic acid groups (broad SMARTS) is 1. The minimum absolute atomic E-state index is 0.282. The van der Waals surface area contributed by atoms with Gasteiger partial charge in [-0.1, -0.05) is 0 Å². The van der Waals surface area contributed by atoms with Crippen LogP contribution in [0.1, 0.15) is 0 Å². The fourth-order valence-electron chi connectivity index (χ4n) is 0.679. The molecule has 6 nitrogen and oxygen atoms in total. The summed E-state index contributed by atoms with van der Waals surface area (Å²) in [6, 6.07) is 0. The maximum absolute atomic E-state index is 11.0. The van der Waals surface area contributed by atoms with Crippen LogP contribution in [0.5, 0.6) is 0 Å². The van der Waals surface area contributed by atoms with E-state index >= 15 is 0 Å². The molecule has 0 bridgehead atoms. The summed E-state index contributed by atoms with van der Waals surface area (Å²) in [6.07, 6.45) is 0. The van der Waals surface area contributed by atoms with Crippen LogP contribution in [0.15, 0.2) is 0 Å². The van der Waals surface area contributed by atoms with E-state index in [4.69, 9.17) is 5.11 Å². The first-order valence-corrected chi connectivity index (χ1v) is 5.37. The van der Waals surface area contributed by atoms with Crippen molar-refractivity contribution in [3.63, 3.8) is 0 Å². The first kappa shape index (κ1) is 13.1. The Kier molecular flexibility index (Phi) is 6.95. The highest BCUT2D eigenvalue weighted by Gasteiger charge is 2.10. The third kappa shape index (κ3) is 7.69. The summed E-state index contributed by atoms with van der Waals surface area (Å²) in [4.78, 5) is 21.1. The molecule has 0 aromatic heterocycles. The standard InChI is InChI=1S/C7H13NO5S/c1-13-3-2-8-6(9)4-14(12)5-7(10)11/h2-5H2,1H3,(H,8,9)(H,10,11). The number of carbonyl (C=O) groups excluding carboxylic acids is 1. The Morgan fingerprint density at radius 2 is 2.07 bits per heavy atom. The molecule has 1 amide bonds. The van der Waals surface area contributed by atoms with Gasteiger partial charge in [-0.05, 0) is 0 Å². The van der Waals surface area contributed by atoms with Crippen molar-refractivity contribution in [3.05, 3.63) is 0 Å². The first-order valence-electron chi connectivity index (χ1n) is 3.88. The largest absolute Gasteiger partial charge is 0.481 e. The van der Waals surface area contributed by atoms with Crippen molar-refractivity contribution in [2.75, 3.05) is 31.8 Å². The molecule has 1 atom stereocenters. The highest BCUT2D eigenvalue weighted by atomic mass is 32.2. The summed E-state index contributed by atoms with van der Waals surface area (Å²) < 4.78 is 15.6. The van der Waals surface area contributed by atoms with Crippen LogP contribution in [-0.2, 0) is 25.1 Å². The van der Waals surface area contributed by atoms with Gasteiger partial charge in [-0.15, -0.1) is 0 Å². The van der Waals surface area contributed by atoms with Crippen molar-refractivity contribution >= 4 is 22.7 Å². The van der Waals surface area contributed by atoms with Crippen LogP contribution in [0.2, 0.25) is 0 Å². The smallest absolute Gasteiger partial charge is 0.316 e. The molecule has 0 aliphatic heterocycles. The van der Waals surface area contributed by atoms with Gasteiger partial charge in [0.2, 0.25) is 5.91 Å². The molecule has 0 radical (unpaired) electrons. The Balaban J connectivity index is 3.61. The molecule has 14 heavy (non-hydrogen) atoms. The van der Waals surface area contributed by atoms with Gasteiger partial charge in [0.1, 0.15) is 11.5 Å². The van der Waals surface area contributed by atoms with Gasteiger partial charge in [0.15, 0.2) is 0 Å². The van der Waals surface area contributed by atoms with E-state index in [1.807, 2.05) is 0 Å². The van der Waals surface area contributed by atoms with Gasteiger partial charge in [-0.25, -0.2) is 0 Å². The summed E-state index contributed by atoms with van der Waals surface area (Å²) >= 11 is 0. The maximum atomic E-state index is 11.0. The molecule has 0 aromatic rings. The van der Waals surface area contributed by atoms with Gasteiger partial charge in [-0.2, -0.15) is 0 Å². The van der Waals surface area contributed by atoms with Crippen LogP contribution in [0.3, 0.4) is 0 Å². The van der Waals surface area contributed by atoms with Crippen molar-refractivity contribution < 1.29 is 23.6 Å². The van der Waals surface area contributed by atoms with Crippen molar-refractivity contribution in [3.8, 4) is 0 Å². The van der Waals surface area contributed by atoms with Gasteiger partial charge >= 0.3 is 5.97 Å². The normalized spacial score (nSPS) is 12.1. The lowest BCUT2D eigenvalue weighted by atomic mass is 10.6. The zero-order valence-corrected chi connectivity index (χ0v) is 8.63. The highest BCUT2D eigenvalue weighted by Crippen LogP contribution is 1.82. The number of aliphatic carboxylic acids is 1. The predicted molar refractivity (Wildman–Crippen MR) is 50.4 cm³/mol. The van der Waals surface area contributed by atoms with Gasteiger partial charge in [-0.3, -0.25) is 13.8 Å². The molecular weight excluding hydrogens is 210 g/mol. The fourth-order valence-corrected chi connectivity index (χ4v) is 1.45. The van der Waals surface area contributed by atoms with E-state index < -0.39 is 28.4 Å². The number of nitrogens with one attached hydrogen (secondary N) is 1. The highest BCUT2D eigenvalue weighted by molar-refractivity contribution is 7.86. The Hall–Kier alpha value is -0.950. The lowest BCUT2D eigenvalue weighted by Gasteiger charge is -2.02. The lowest BCUT2D eigenvalue weighted by molar-refractivity contribution is -0.133. The second-order valence-electron chi connectivity index (χ2n) is 2.46. The number of hydrogen-bond donors (Lipinski definition) is 2. The summed E-state index contributed by atoms with van der Waals surface area (Å²) in [7, 11) is -0.143. The van der Waals surface area contributed by atoms with E-state index in [9.17, 15) is 13.8 Å². The summed E-state index contributed by atoms with van der Waals surface area (Å²) in [5.74, 6) is -2.39. The lowest BCUT2D eigenvalue weighted by Crippen LogP contribution is -2.32. The quantitative estimate of drug-likeness (QED) is 0.517. The third-order valence-electron chi connectivity index (χ3n) is 1.20. The van der Waals surface area contributed by atoms with Crippen LogP contribution in [0, 0.1) is 0 Å². The van der Waals surface area contributed by atoms with Crippen LogP contribution < -0.4 is 5.32 Å². The van der Waals surface area contributed by atoms with Crippen molar-refractivity contribution in [1.82, 2.24) is 5.32 Å². The predicted octanol–water partition coefficient (Wildman–Crippen LogP) is -1.42. The molecule has 1 unspecified atom stereocenters. The van der Waals surface area contributed by atoms with E-state index in [2.05, 4.69) is 10.1 Å². The zero-order chi connectivity index (χ0) is 11.0. The zero-order valence-electron chi connectivity index (χ0n) is 7.82. The molecular formula is C7H13NO5S. The molecule has 0 saturated carbocycles. The SMILES string of the molecule is COCCNC(=O)CS(=O)CC(=O)O. The number of carbonyl (C=O) groups is 2. The maximum Gasteiger partial charge on any atom is 0.316 e. The van der Waals surface area contributed by atoms with Crippen LogP contribution in [0.25, 0.3) is 0 Å². The molecule has 0 rings (SSSR count). The third-order valence-corrected chi connectivity index (χ3v) is 2.36. The minimum atomic E-state index is -1.64. The Labute approximate surface area is 84.1 Å². The van der Waals surface area contributed by atoms with Gasteiger partial charge in [0, 0.05) is 24.5 Å². The molecule has 0 saturated heterocycles. The number of ether oxygens (including phenoxy) is 1. The van der Waals surface area contributed by atoms with E-state index in [0.717, 1.165) is 0 Å². The van der Waals surface area contributed by atoms with Crippen molar-refractivity contribution in [2.24, 2.45) is 0 Å². The first-order chi connectivity index (χ1) is 6.56. The number of rotatable bonds is 7. The number of carboxylic acids is 1. The fraction of sp³-hybridized carbons (Fsp3) is 0.714.